The highest BCUT2D eigenvalue weighted by Crippen LogP contribution is 2.45. The van der Waals surface area contributed by atoms with E-state index in [4.69, 9.17) is 5.11 Å². The first-order valence-electron chi connectivity index (χ1n) is 6.59. The summed E-state index contributed by atoms with van der Waals surface area (Å²) in [5, 5.41) is 7.95. The smallest absolute Gasteiger partial charge is 0.374 e. The van der Waals surface area contributed by atoms with E-state index < -0.39 is 74.1 Å². The summed E-state index contributed by atoms with van der Waals surface area (Å²) in [6.45, 7) is 0. The second-order valence-corrected chi connectivity index (χ2v) is 5.74. The molecule has 0 aliphatic carbocycles. The highest BCUT2D eigenvalue weighted by atomic mass is 19.3. The van der Waals surface area contributed by atoms with Crippen LogP contribution in [0.5, 0.6) is 0 Å². The average molecular weight is 416 g/mol. The fourth-order valence-electron chi connectivity index (χ4n) is 2.02. The van der Waals surface area contributed by atoms with Crippen LogP contribution < -0.4 is 0 Å². The van der Waals surface area contributed by atoms with Gasteiger partial charge in [-0.3, -0.25) is 0 Å². The zero-order valence-electron chi connectivity index (χ0n) is 12.5. The molecule has 0 bridgehead atoms. The van der Waals surface area contributed by atoms with Crippen molar-refractivity contribution in [3.8, 4) is 0 Å². The van der Waals surface area contributed by atoms with Crippen LogP contribution in [0.15, 0.2) is 0 Å². The second-order valence-electron chi connectivity index (χ2n) is 5.74. The Balaban J connectivity index is 5.08. The van der Waals surface area contributed by atoms with Gasteiger partial charge in [0.1, 0.15) is 0 Å². The van der Waals surface area contributed by atoms with Crippen LogP contribution in [-0.2, 0) is 4.79 Å². The van der Waals surface area contributed by atoms with Gasteiger partial charge < -0.3 is 5.11 Å². The lowest BCUT2D eigenvalue weighted by atomic mass is 9.95. The van der Waals surface area contributed by atoms with Gasteiger partial charge >= 0.3 is 11.9 Å². The first-order chi connectivity index (χ1) is 11.2. The first-order valence-corrected chi connectivity index (χ1v) is 6.59. The van der Waals surface area contributed by atoms with Crippen LogP contribution in [0.25, 0.3) is 0 Å². The number of carboxylic acid groups (broad SMARTS) is 1. The number of carboxylic acids is 1. The SMILES string of the molecule is O=C(O)C(F)(F)CC(F)(F)CC(F)(F)CC(F)(F)CC(F)(F)CC(F)F. The van der Waals surface area contributed by atoms with Gasteiger partial charge in [0.25, 0.3) is 23.7 Å². The van der Waals surface area contributed by atoms with Gasteiger partial charge in [0.2, 0.25) is 6.43 Å². The standard InChI is InChI=1S/C12H12F12O2/c13-6(14)1-8(15,16)2-9(17,18)3-10(19,20)4-11(21,22)5-12(23,24)7(25)26/h6H,1-5H2,(H,25,26). The topological polar surface area (TPSA) is 37.3 Å². The normalized spacial score (nSPS) is 14.8. The minimum Gasteiger partial charge on any atom is -0.477 e. The Morgan fingerprint density at radius 1 is 0.654 bits per heavy atom. The predicted molar refractivity (Wildman–Crippen MR) is 61.5 cm³/mol. The van der Waals surface area contributed by atoms with Crippen molar-refractivity contribution < 1.29 is 62.6 Å². The maximum absolute atomic E-state index is 13.3. The number of hydrogen-bond acceptors (Lipinski definition) is 1. The quantitative estimate of drug-likeness (QED) is 0.454. The molecule has 0 radical (unpaired) electrons. The van der Waals surface area contributed by atoms with E-state index in [-0.39, 0.29) is 0 Å². The second kappa shape index (κ2) is 7.71. The van der Waals surface area contributed by atoms with Crippen LogP contribution in [0, 0.1) is 0 Å². The Bertz CT molecular complexity index is 489. The van der Waals surface area contributed by atoms with Crippen LogP contribution in [-0.4, -0.2) is 47.1 Å². The molecule has 1 N–H and O–H groups in total. The van der Waals surface area contributed by atoms with E-state index in [1.54, 1.807) is 0 Å². The number of halogens is 12. The molecular formula is C12H12F12O2. The minimum absolute atomic E-state index is 2.38. The zero-order chi connectivity index (χ0) is 21.2. The van der Waals surface area contributed by atoms with Crippen molar-refractivity contribution in [2.75, 3.05) is 0 Å². The fourth-order valence-corrected chi connectivity index (χ4v) is 2.02. The molecule has 156 valence electrons. The molecule has 0 amide bonds. The highest BCUT2D eigenvalue weighted by Gasteiger charge is 2.56. The van der Waals surface area contributed by atoms with Crippen molar-refractivity contribution in [2.24, 2.45) is 0 Å². The first kappa shape index (κ1) is 24.6. The summed E-state index contributed by atoms with van der Waals surface area (Å²) in [6, 6.07) is 0. The van der Waals surface area contributed by atoms with E-state index >= 15 is 0 Å². The summed E-state index contributed by atoms with van der Waals surface area (Å²) in [4.78, 5) is 10.0. The lowest BCUT2D eigenvalue weighted by molar-refractivity contribution is -0.202. The third-order valence-electron chi connectivity index (χ3n) is 2.80. The minimum atomic E-state index is -5.16. The fraction of sp³-hybridized carbons (Fsp3) is 0.917. The van der Waals surface area contributed by atoms with E-state index in [0.29, 0.717) is 0 Å². The molecular weight excluding hydrogens is 404 g/mol. The molecule has 0 spiro atoms. The van der Waals surface area contributed by atoms with Crippen molar-refractivity contribution >= 4 is 5.97 Å². The molecule has 14 heteroatoms. The largest absolute Gasteiger partial charge is 0.477 e. The van der Waals surface area contributed by atoms with Gasteiger partial charge in [-0.2, -0.15) is 8.78 Å². The summed E-state index contributed by atoms with van der Waals surface area (Å²) < 4.78 is 154. The van der Waals surface area contributed by atoms with Gasteiger partial charge in [0.15, 0.2) is 0 Å². The Labute approximate surface area is 138 Å². The molecule has 0 aliphatic rings. The molecule has 0 aromatic heterocycles. The molecule has 0 aromatic carbocycles. The molecule has 0 aromatic rings. The lowest BCUT2D eigenvalue weighted by Crippen LogP contribution is -2.42. The van der Waals surface area contributed by atoms with Gasteiger partial charge in [0.05, 0.1) is 32.1 Å². The predicted octanol–water partition coefficient (Wildman–Crippen LogP) is 5.46. The summed E-state index contributed by atoms with van der Waals surface area (Å²) in [6.07, 6.45) is -17.8. The van der Waals surface area contributed by atoms with Crippen LogP contribution in [0.3, 0.4) is 0 Å². The van der Waals surface area contributed by atoms with Crippen LogP contribution in [0.2, 0.25) is 0 Å². The van der Waals surface area contributed by atoms with Gasteiger partial charge in [-0.05, 0) is 0 Å². The molecule has 0 rings (SSSR count). The highest BCUT2D eigenvalue weighted by molar-refractivity contribution is 5.75. The Morgan fingerprint density at radius 2 is 0.962 bits per heavy atom. The van der Waals surface area contributed by atoms with Gasteiger partial charge in [0, 0.05) is 0 Å². The molecule has 26 heavy (non-hydrogen) atoms. The van der Waals surface area contributed by atoms with Gasteiger partial charge in [-0.25, -0.2) is 48.7 Å². The summed E-state index contributed by atoms with van der Waals surface area (Å²) in [7, 11) is 0. The number of carbonyl (C=O) groups is 1. The maximum atomic E-state index is 13.3. The molecule has 2 nitrogen and oxygen atoms in total. The number of hydrogen-bond donors (Lipinski definition) is 1. The lowest BCUT2D eigenvalue weighted by Gasteiger charge is -2.29. The monoisotopic (exact) mass is 416 g/mol. The van der Waals surface area contributed by atoms with E-state index in [2.05, 4.69) is 0 Å². The average Bonchev–Trinajstić information content (AvgIpc) is 2.17. The summed E-state index contributed by atoms with van der Waals surface area (Å²) in [5.74, 6) is -28.4. The molecule has 0 atom stereocenters. The molecule has 0 saturated carbocycles. The van der Waals surface area contributed by atoms with E-state index in [0.717, 1.165) is 0 Å². The van der Waals surface area contributed by atoms with Crippen molar-refractivity contribution in [3.05, 3.63) is 0 Å². The number of rotatable bonds is 11. The number of aliphatic carboxylic acids is 1. The molecule has 0 saturated heterocycles. The van der Waals surface area contributed by atoms with E-state index in [1.165, 1.54) is 0 Å². The zero-order valence-corrected chi connectivity index (χ0v) is 12.5. The Kier molecular flexibility index (Phi) is 7.30. The van der Waals surface area contributed by atoms with Gasteiger partial charge in [-0.15, -0.1) is 0 Å². The van der Waals surface area contributed by atoms with E-state index in [1.807, 2.05) is 0 Å². The van der Waals surface area contributed by atoms with Crippen molar-refractivity contribution in [1.82, 2.24) is 0 Å². The van der Waals surface area contributed by atoms with Crippen LogP contribution in [0.4, 0.5) is 52.7 Å². The van der Waals surface area contributed by atoms with Crippen molar-refractivity contribution in [1.29, 1.82) is 0 Å². The van der Waals surface area contributed by atoms with Crippen LogP contribution in [0.1, 0.15) is 32.1 Å². The summed E-state index contributed by atoms with van der Waals surface area (Å²) in [5.41, 5.74) is 0. The van der Waals surface area contributed by atoms with Crippen molar-refractivity contribution in [2.45, 2.75) is 68.1 Å². The third-order valence-corrected chi connectivity index (χ3v) is 2.80. The Morgan fingerprint density at radius 3 is 1.27 bits per heavy atom. The van der Waals surface area contributed by atoms with Crippen LogP contribution >= 0.6 is 0 Å². The molecule has 0 unspecified atom stereocenters. The van der Waals surface area contributed by atoms with Crippen molar-refractivity contribution in [3.63, 3.8) is 0 Å². The summed E-state index contributed by atoms with van der Waals surface area (Å²) >= 11 is 0. The molecule has 0 aliphatic heterocycles. The maximum Gasteiger partial charge on any atom is 0.374 e. The van der Waals surface area contributed by atoms with Gasteiger partial charge in [-0.1, -0.05) is 0 Å². The third kappa shape index (κ3) is 9.36. The number of alkyl halides is 12. The van der Waals surface area contributed by atoms with E-state index in [9.17, 15) is 57.5 Å². The molecule has 0 heterocycles. The molecule has 0 fully saturated rings. The Hall–Kier alpha value is -1.37.